The summed E-state index contributed by atoms with van der Waals surface area (Å²) in [6, 6.07) is 39.2. The number of nitrogens with one attached hydrogen (secondary N) is 1. The Hall–Kier alpha value is -4.75. The zero-order chi connectivity index (χ0) is 35.3. The average molecular weight is 685 g/mol. The second kappa shape index (κ2) is 18.5. The zero-order valence-electron chi connectivity index (χ0n) is 29.7. The fourth-order valence-corrected chi connectivity index (χ4v) is 7.70. The third kappa shape index (κ3) is 10.2. The molecule has 6 rings (SSSR count). The predicted octanol–water partition coefficient (Wildman–Crippen LogP) is 7.73. The molecule has 2 aliphatic rings. The van der Waals surface area contributed by atoms with E-state index in [0.29, 0.717) is 0 Å². The summed E-state index contributed by atoms with van der Waals surface area (Å²) >= 11 is 0. The van der Waals surface area contributed by atoms with Gasteiger partial charge in [-0.15, -0.1) is 0 Å². The lowest BCUT2D eigenvalue weighted by molar-refractivity contribution is -0.142. The average Bonchev–Trinajstić information content (AvgIpc) is 3.18. The van der Waals surface area contributed by atoms with E-state index < -0.39 is 6.04 Å². The maximum atomic E-state index is 14.4. The van der Waals surface area contributed by atoms with E-state index in [1.54, 1.807) is 4.90 Å². The Balaban J connectivity index is 1.17. The van der Waals surface area contributed by atoms with E-state index in [2.05, 4.69) is 40.5 Å². The normalized spacial score (nSPS) is 16.2. The Bertz CT molecular complexity index is 1650. The number of benzene rings is 4. The molecule has 1 N–H and O–H groups in total. The molecule has 51 heavy (non-hydrogen) atoms. The summed E-state index contributed by atoms with van der Waals surface area (Å²) in [5.41, 5.74) is 3.92. The minimum Gasteiger partial charge on any atom is -0.351 e. The van der Waals surface area contributed by atoms with Gasteiger partial charge in [0.15, 0.2) is 0 Å². The first-order valence-electron chi connectivity index (χ1n) is 18.9. The van der Waals surface area contributed by atoms with Gasteiger partial charge in [0.1, 0.15) is 6.04 Å². The lowest BCUT2D eigenvalue weighted by Gasteiger charge is -2.39. The standard InChI is InChI=1S/C44H52N4O3/c49-41(47(34-36-18-8-2-9-19-36)43(37-20-10-3-11-21-37)44(51)45-38-22-12-4-13-23-38)26-27-42(50)48(39-24-14-5-15-25-39)40-29-32-46(33-30-40)31-28-35-16-6-1-7-17-35/h1-3,5-11,14-21,24-25,38,40,43H,4,12-13,22-23,26-34H2,(H,45,51). The van der Waals surface area contributed by atoms with Crippen molar-refractivity contribution in [3.63, 3.8) is 0 Å². The Kier molecular flexibility index (Phi) is 13.1. The van der Waals surface area contributed by atoms with E-state index in [1.807, 2.05) is 95.9 Å². The summed E-state index contributed by atoms with van der Waals surface area (Å²) in [7, 11) is 0. The summed E-state index contributed by atoms with van der Waals surface area (Å²) in [4.78, 5) is 48.9. The van der Waals surface area contributed by atoms with Crippen LogP contribution in [-0.2, 0) is 27.3 Å². The molecule has 4 aromatic carbocycles. The van der Waals surface area contributed by atoms with Crippen molar-refractivity contribution >= 4 is 23.4 Å². The Morgan fingerprint density at radius 3 is 1.82 bits per heavy atom. The molecule has 2 fully saturated rings. The molecule has 1 unspecified atom stereocenters. The molecule has 7 heteroatoms. The van der Waals surface area contributed by atoms with Crippen molar-refractivity contribution in [2.24, 2.45) is 0 Å². The summed E-state index contributed by atoms with van der Waals surface area (Å²) in [5, 5.41) is 3.30. The number of likely N-dealkylation sites (tertiary alicyclic amines) is 1. The van der Waals surface area contributed by atoms with E-state index in [0.717, 1.165) is 81.4 Å². The molecular weight excluding hydrogens is 633 g/mol. The van der Waals surface area contributed by atoms with Crippen LogP contribution < -0.4 is 10.2 Å². The predicted molar refractivity (Wildman–Crippen MR) is 204 cm³/mol. The second-order valence-electron chi connectivity index (χ2n) is 14.1. The topological polar surface area (TPSA) is 73.0 Å². The number of carbonyl (C=O) groups excluding carboxylic acids is 3. The van der Waals surface area contributed by atoms with Crippen molar-refractivity contribution in [2.75, 3.05) is 24.5 Å². The maximum absolute atomic E-state index is 14.4. The van der Waals surface area contributed by atoms with Crippen LogP contribution in [0.15, 0.2) is 121 Å². The number of piperidine rings is 1. The maximum Gasteiger partial charge on any atom is 0.247 e. The quantitative estimate of drug-likeness (QED) is 0.148. The van der Waals surface area contributed by atoms with Gasteiger partial charge in [-0.25, -0.2) is 0 Å². The number of hydrogen-bond donors (Lipinski definition) is 1. The second-order valence-corrected chi connectivity index (χ2v) is 14.1. The molecule has 0 bridgehead atoms. The van der Waals surface area contributed by atoms with E-state index in [-0.39, 0.29) is 49.2 Å². The van der Waals surface area contributed by atoms with Crippen molar-refractivity contribution in [2.45, 2.75) is 88.9 Å². The zero-order valence-corrected chi connectivity index (χ0v) is 29.7. The van der Waals surface area contributed by atoms with Gasteiger partial charge in [0, 0.05) is 56.8 Å². The van der Waals surface area contributed by atoms with E-state index in [1.165, 1.54) is 12.0 Å². The highest BCUT2D eigenvalue weighted by molar-refractivity contribution is 5.96. The number of rotatable bonds is 14. The molecule has 0 radical (unpaired) electrons. The van der Waals surface area contributed by atoms with Crippen LogP contribution in [0.3, 0.4) is 0 Å². The number of hydrogen-bond acceptors (Lipinski definition) is 4. The number of amides is 3. The minimum absolute atomic E-state index is 0.0188. The van der Waals surface area contributed by atoms with Gasteiger partial charge >= 0.3 is 0 Å². The summed E-state index contributed by atoms with van der Waals surface area (Å²) in [5.74, 6) is -0.419. The van der Waals surface area contributed by atoms with E-state index >= 15 is 0 Å². The van der Waals surface area contributed by atoms with Gasteiger partial charge in [-0.3, -0.25) is 14.4 Å². The lowest BCUT2D eigenvalue weighted by atomic mass is 9.94. The molecule has 3 amide bonds. The van der Waals surface area contributed by atoms with Crippen LogP contribution in [-0.4, -0.2) is 59.2 Å². The molecule has 0 aromatic heterocycles. The van der Waals surface area contributed by atoms with Gasteiger partial charge < -0.3 is 20.0 Å². The van der Waals surface area contributed by atoms with Gasteiger partial charge in [-0.2, -0.15) is 0 Å². The van der Waals surface area contributed by atoms with Crippen LogP contribution in [0.1, 0.15) is 80.5 Å². The molecule has 1 aliphatic carbocycles. The largest absolute Gasteiger partial charge is 0.351 e. The SMILES string of the molecule is O=C(NC1CCCCC1)C(c1ccccc1)N(Cc1ccccc1)C(=O)CCC(=O)N(c1ccccc1)C1CCN(CCc2ccccc2)CC1. The highest BCUT2D eigenvalue weighted by Gasteiger charge is 2.34. The third-order valence-electron chi connectivity index (χ3n) is 10.5. The smallest absolute Gasteiger partial charge is 0.247 e. The van der Waals surface area contributed by atoms with Crippen LogP contribution in [0.25, 0.3) is 0 Å². The number of nitrogens with zero attached hydrogens (tertiary/aromatic N) is 3. The van der Waals surface area contributed by atoms with Gasteiger partial charge in [0.05, 0.1) is 0 Å². The highest BCUT2D eigenvalue weighted by Crippen LogP contribution is 2.29. The van der Waals surface area contributed by atoms with Crippen LogP contribution in [0.2, 0.25) is 0 Å². The highest BCUT2D eigenvalue weighted by atomic mass is 16.2. The van der Waals surface area contributed by atoms with Crippen LogP contribution >= 0.6 is 0 Å². The number of carbonyl (C=O) groups is 3. The Labute approximate surface area is 303 Å². The monoisotopic (exact) mass is 684 g/mol. The summed E-state index contributed by atoms with van der Waals surface area (Å²) in [6.45, 7) is 3.12. The van der Waals surface area contributed by atoms with Crippen molar-refractivity contribution < 1.29 is 14.4 Å². The molecule has 266 valence electrons. The van der Waals surface area contributed by atoms with Gasteiger partial charge in [-0.05, 0) is 60.9 Å². The molecule has 4 aromatic rings. The van der Waals surface area contributed by atoms with Gasteiger partial charge in [-0.1, -0.05) is 128 Å². The van der Waals surface area contributed by atoms with Gasteiger partial charge in [0.25, 0.3) is 0 Å². The molecule has 1 aliphatic heterocycles. The van der Waals surface area contributed by atoms with E-state index in [4.69, 9.17) is 0 Å². The molecule has 7 nitrogen and oxygen atoms in total. The molecule has 1 atom stereocenters. The molecular formula is C44H52N4O3. The molecule has 1 heterocycles. The van der Waals surface area contributed by atoms with Crippen molar-refractivity contribution in [1.29, 1.82) is 0 Å². The molecule has 1 saturated heterocycles. The minimum atomic E-state index is -0.804. The summed E-state index contributed by atoms with van der Waals surface area (Å²) < 4.78 is 0. The third-order valence-corrected chi connectivity index (χ3v) is 10.5. The van der Waals surface area contributed by atoms with Crippen LogP contribution in [0.5, 0.6) is 0 Å². The summed E-state index contributed by atoms with van der Waals surface area (Å²) in [6.07, 6.45) is 8.14. The number of anilines is 1. The fourth-order valence-electron chi connectivity index (χ4n) is 7.70. The van der Waals surface area contributed by atoms with Crippen LogP contribution in [0.4, 0.5) is 5.69 Å². The lowest BCUT2D eigenvalue weighted by Crippen LogP contribution is -2.49. The number of para-hydroxylation sites is 1. The Morgan fingerprint density at radius 1 is 0.647 bits per heavy atom. The van der Waals surface area contributed by atoms with Crippen molar-refractivity contribution in [1.82, 2.24) is 15.1 Å². The first-order chi connectivity index (χ1) is 25.0. The molecule has 1 saturated carbocycles. The van der Waals surface area contributed by atoms with Crippen LogP contribution in [0, 0.1) is 0 Å². The molecule has 0 spiro atoms. The van der Waals surface area contributed by atoms with Crippen molar-refractivity contribution in [3.05, 3.63) is 138 Å². The van der Waals surface area contributed by atoms with Gasteiger partial charge in [0.2, 0.25) is 17.7 Å². The van der Waals surface area contributed by atoms with E-state index in [9.17, 15) is 14.4 Å². The first-order valence-corrected chi connectivity index (χ1v) is 18.9. The van der Waals surface area contributed by atoms with Crippen molar-refractivity contribution in [3.8, 4) is 0 Å². The first kappa shape index (κ1) is 36.1. The Morgan fingerprint density at radius 2 is 1.20 bits per heavy atom. The fraction of sp³-hybridized carbons (Fsp3) is 0.386.